The first kappa shape index (κ1) is 20.1. The van der Waals surface area contributed by atoms with Crippen LogP contribution in [-0.4, -0.2) is 53.9 Å². The normalized spacial score (nSPS) is 16.1. The Hall–Kier alpha value is -3.52. The topological polar surface area (TPSA) is 73.9 Å². The fourth-order valence-corrected chi connectivity index (χ4v) is 4.73. The Bertz CT molecular complexity index is 1270. The van der Waals surface area contributed by atoms with Crippen LogP contribution in [-0.2, 0) is 13.1 Å². The molecule has 5 heterocycles. The second-order valence-corrected chi connectivity index (χ2v) is 9.12. The number of hydrogen-bond acceptors (Lipinski definition) is 6. The van der Waals surface area contributed by atoms with Gasteiger partial charge in [0.15, 0.2) is 5.82 Å². The number of imidazole rings is 1. The van der Waals surface area contributed by atoms with E-state index >= 15 is 0 Å². The molecule has 33 heavy (non-hydrogen) atoms. The lowest BCUT2D eigenvalue weighted by molar-refractivity contribution is 0.139. The van der Waals surface area contributed by atoms with Crippen LogP contribution in [0.2, 0.25) is 0 Å². The molecule has 6 rings (SSSR count). The summed E-state index contributed by atoms with van der Waals surface area (Å²) in [5, 5.41) is 4.38. The van der Waals surface area contributed by atoms with E-state index in [9.17, 15) is 0 Å². The Labute approximate surface area is 192 Å². The van der Waals surface area contributed by atoms with Crippen LogP contribution in [0, 0.1) is 0 Å². The minimum absolute atomic E-state index is 0.222. The monoisotopic (exact) mass is 441 g/mol. The van der Waals surface area contributed by atoms with Gasteiger partial charge in [0.2, 0.25) is 0 Å². The van der Waals surface area contributed by atoms with E-state index in [1.165, 1.54) is 11.1 Å². The van der Waals surface area contributed by atoms with Gasteiger partial charge in [-0.1, -0.05) is 6.07 Å². The number of aromatic nitrogens is 6. The number of pyridine rings is 1. The molecule has 1 aromatic carbocycles. The molecule has 168 valence electrons. The first-order valence-corrected chi connectivity index (χ1v) is 11.5. The van der Waals surface area contributed by atoms with E-state index in [-0.39, 0.29) is 6.04 Å². The molecule has 0 radical (unpaired) electrons. The molecule has 0 N–H and O–H groups in total. The van der Waals surface area contributed by atoms with Gasteiger partial charge >= 0.3 is 0 Å². The van der Waals surface area contributed by atoms with Crippen molar-refractivity contribution in [3.8, 4) is 28.7 Å². The van der Waals surface area contributed by atoms with Crippen LogP contribution in [0.25, 0.3) is 22.9 Å². The zero-order valence-corrected chi connectivity index (χ0v) is 18.9. The van der Waals surface area contributed by atoms with Gasteiger partial charge in [-0.05, 0) is 49.2 Å². The molecular formula is C25H27N7O. The average Bonchev–Trinajstić information content (AvgIpc) is 3.41. The first-order valence-electron chi connectivity index (χ1n) is 11.5. The standard InChI is InChI=1S/C25H27N7O/c1-17(2)32-25(27-16-28-32)22-15-31-9-10-33-23-4-3-19(11-21(23)24(31)29-22)20-13-30(14-20)12-18-5-7-26-8-6-18/h3-8,11,15-17,20H,9-10,12-14H2,1-2H3. The SMILES string of the molecule is CC(C)n1ncnc1-c1cn2c(n1)-c1cc(C3CN(Cc4ccncc4)C3)ccc1OCC2. The average molecular weight is 442 g/mol. The molecule has 4 aromatic rings. The molecule has 0 saturated carbocycles. The smallest absolute Gasteiger partial charge is 0.178 e. The Morgan fingerprint density at radius 3 is 2.76 bits per heavy atom. The second-order valence-electron chi connectivity index (χ2n) is 9.12. The molecule has 8 nitrogen and oxygen atoms in total. The van der Waals surface area contributed by atoms with Crippen LogP contribution < -0.4 is 4.74 Å². The van der Waals surface area contributed by atoms with E-state index in [0.29, 0.717) is 12.5 Å². The molecule has 0 aliphatic carbocycles. The summed E-state index contributed by atoms with van der Waals surface area (Å²) < 4.78 is 10.2. The minimum Gasteiger partial charge on any atom is -0.491 e. The Morgan fingerprint density at radius 1 is 1.09 bits per heavy atom. The molecule has 2 aliphatic rings. The van der Waals surface area contributed by atoms with Crippen LogP contribution in [0.15, 0.2) is 55.2 Å². The predicted molar refractivity (Wildman–Crippen MR) is 125 cm³/mol. The molecule has 0 unspecified atom stereocenters. The number of benzene rings is 1. The fraction of sp³-hybridized carbons (Fsp3) is 0.360. The van der Waals surface area contributed by atoms with Crippen molar-refractivity contribution < 1.29 is 4.74 Å². The van der Waals surface area contributed by atoms with Crippen molar-refractivity contribution in [1.29, 1.82) is 0 Å². The number of likely N-dealkylation sites (tertiary alicyclic amines) is 1. The molecule has 0 bridgehead atoms. The van der Waals surface area contributed by atoms with Gasteiger partial charge in [0.25, 0.3) is 0 Å². The second kappa shape index (κ2) is 8.12. The van der Waals surface area contributed by atoms with Crippen molar-refractivity contribution in [2.75, 3.05) is 19.7 Å². The Balaban J connectivity index is 1.27. The summed E-state index contributed by atoms with van der Waals surface area (Å²) in [6.45, 7) is 8.66. The summed E-state index contributed by atoms with van der Waals surface area (Å²) in [5.74, 6) is 3.15. The maximum Gasteiger partial charge on any atom is 0.178 e. The van der Waals surface area contributed by atoms with Crippen LogP contribution in [0.4, 0.5) is 0 Å². The number of rotatable bonds is 5. The molecule has 1 fully saturated rings. The van der Waals surface area contributed by atoms with Gasteiger partial charge in [0, 0.05) is 50.2 Å². The van der Waals surface area contributed by atoms with Crippen molar-refractivity contribution in [2.45, 2.75) is 38.9 Å². The molecule has 0 amide bonds. The summed E-state index contributed by atoms with van der Waals surface area (Å²) in [4.78, 5) is 16.1. The number of fused-ring (bicyclic) bond motifs is 3. The van der Waals surface area contributed by atoms with Gasteiger partial charge in [0.1, 0.15) is 30.2 Å². The van der Waals surface area contributed by atoms with Gasteiger partial charge < -0.3 is 9.30 Å². The first-order chi connectivity index (χ1) is 16.2. The lowest BCUT2D eigenvalue weighted by atomic mass is 9.89. The Morgan fingerprint density at radius 2 is 1.94 bits per heavy atom. The van der Waals surface area contributed by atoms with E-state index in [1.54, 1.807) is 6.33 Å². The molecule has 0 spiro atoms. The highest BCUT2D eigenvalue weighted by Gasteiger charge is 2.30. The van der Waals surface area contributed by atoms with E-state index in [4.69, 9.17) is 9.72 Å². The van der Waals surface area contributed by atoms with Crippen LogP contribution >= 0.6 is 0 Å². The Kier molecular flexibility index (Phi) is 4.95. The predicted octanol–water partition coefficient (Wildman–Crippen LogP) is 3.78. The third-order valence-electron chi connectivity index (χ3n) is 6.49. The highest BCUT2D eigenvalue weighted by Crippen LogP contribution is 2.38. The molecule has 0 atom stereocenters. The maximum absolute atomic E-state index is 6.06. The lowest BCUT2D eigenvalue weighted by Gasteiger charge is -2.39. The third kappa shape index (κ3) is 3.70. The van der Waals surface area contributed by atoms with E-state index < -0.39 is 0 Å². The highest BCUT2D eigenvalue weighted by atomic mass is 16.5. The van der Waals surface area contributed by atoms with Crippen molar-refractivity contribution in [3.05, 3.63) is 66.4 Å². The van der Waals surface area contributed by atoms with Crippen molar-refractivity contribution in [1.82, 2.24) is 34.2 Å². The van der Waals surface area contributed by atoms with Crippen LogP contribution in [0.1, 0.15) is 36.9 Å². The molecule has 1 saturated heterocycles. The molecule has 2 aliphatic heterocycles. The van der Waals surface area contributed by atoms with Gasteiger partial charge in [0.05, 0.1) is 12.1 Å². The van der Waals surface area contributed by atoms with Gasteiger partial charge in [-0.2, -0.15) is 5.10 Å². The van der Waals surface area contributed by atoms with Crippen molar-refractivity contribution in [3.63, 3.8) is 0 Å². The highest BCUT2D eigenvalue weighted by molar-refractivity contribution is 5.69. The van der Waals surface area contributed by atoms with Crippen LogP contribution in [0.5, 0.6) is 5.75 Å². The largest absolute Gasteiger partial charge is 0.491 e. The summed E-state index contributed by atoms with van der Waals surface area (Å²) in [7, 11) is 0. The third-order valence-corrected chi connectivity index (χ3v) is 6.49. The zero-order chi connectivity index (χ0) is 22.4. The molecule has 3 aromatic heterocycles. The summed E-state index contributed by atoms with van der Waals surface area (Å²) >= 11 is 0. The summed E-state index contributed by atoms with van der Waals surface area (Å²) in [6, 6.07) is 11.0. The van der Waals surface area contributed by atoms with E-state index in [0.717, 1.165) is 54.8 Å². The van der Waals surface area contributed by atoms with Gasteiger partial charge in [-0.25, -0.2) is 14.6 Å². The number of hydrogen-bond donors (Lipinski definition) is 0. The minimum atomic E-state index is 0.222. The van der Waals surface area contributed by atoms with Crippen LogP contribution in [0.3, 0.4) is 0 Å². The zero-order valence-electron chi connectivity index (χ0n) is 18.9. The quantitative estimate of drug-likeness (QED) is 0.469. The van der Waals surface area contributed by atoms with Gasteiger partial charge in [-0.3, -0.25) is 9.88 Å². The maximum atomic E-state index is 6.06. The number of ether oxygens (including phenoxy) is 1. The molecule has 8 heteroatoms. The summed E-state index contributed by atoms with van der Waals surface area (Å²) in [6.07, 6.45) is 7.39. The van der Waals surface area contributed by atoms with Crippen molar-refractivity contribution >= 4 is 0 Å². The summed E-state index contributed by atoms with van der Waals surface area (Å²) in [5.41, 5.74) is 4.55. The van der Waals surface area contributed by atoms with E-state index in [1.807, 2.05) is 17.1 Å². The number of nitrogens with zero attached hydrogens (tertiary/aromatic N) is 7. The lowest BCUT2D eigenvalue weighted by Crippen LogP contribution is -2.44. The fourth-order valence-electron chi connectivity index (χ4n) is 4.73. The van der Waals surface area contributed by atoms with Crippen molar-refractivity contribution in [2.24, 2.45) is 0 Å². The molecular weight excluding hydrogens is 414 g/mol. The van der Waals surface area contributed by atoms with Gasteiger partial charge in [-0.15, -0.1) is 0 Å². The van der Waals surface area contributed by atoms with E-state index in [2.05, 4.69) is 74.9 Å².